The van der Waals surface area contributed by atoms with Gasteiger partial charge in [0.05, 0.1) is 6.54 Å². The van der Waals surface area contributed by atoms with Crippen LogP contribution in [0.15, 0.2) is 95.2 Å². The first-order valence-corrected chi connectivity index (χ1v) is 12.6. The summed E-state index contributed by atoms with van der Waals surface area (Å²) >= 11 is 0. The maximum atomic E-state index is 13.0. The van der Waals surface area contributed by atoms with E-state index in [1.807, 2.05) is 50.4 Å². The smallest absolute Gasteiger partial charge is 0.347 e. The number of hydrogen-bond donors (Lipinski definition) is 2. The molecular formula is C31H33N3O4. The van der Waals surface area contributed by atoms with Crippen LogP contribution in [0.4, 0.5) is 0 Å². The van der Waals surface area contributed by atoms with Crippen LogP contribution in [-0.2, 0) is 16.1 Å². The Kier molecular flexibility index (Phi) is 7.96. The second-order valence-corrected chi connectivity index (χ2v) is 9.96. The molecule has 0 fully saturated rings. The van der Waals surface area contributed by atoms with Crippen molar-refractivity contribution in [3.63, 3.8) is 0 Å². The second kappa shape index (κ2) is 11.3. The number of rotatable bonds is 8. The van der Waals surface area contributed by atoms with Gasteiger partial charge in [0.2, 0.25) is 0 Å². The minimum Gasteiger partial charge on any atom is -0.478 e. The van der Waals surface area contributed by atoms with Gasteiger partial charge in [0.15, 0.2) is 5.60 Å². The highest BCUT2D eigenvalue weighted by molar-refractivity contribution is 6.43. The number of amides is 1. The molecule has 2 aromatic rings. The van der Waals surface area contributed by atoms with Crippen molar-refractivity contribution >= 4 is 23.2 Å². The average Bonchev–Trinajstić information content (AvgIpc) is 3.15. The van der Waals surface area contributed by atoms with E-state index in [0.29, 0.717) is 24.6 Å². The van der Waals surface area contributed by atoms with E-state index in [2.05, 4.69) is 46.9 Å². The van der Waals surface area contributed by atoms with Crippen LogP contribution in [0, 0.1) is 6.92 Å². The number of carboxylic acid groups (broad SMARTS) is 1. The van der Waals surface area contributed by atoms with E-state index in [-0.39, 0.29) is 5.91 Å². The number of likely N-dealkylation sites (N-methyl/N-ethyl adjacent to an activating group) is 1. The number of benzene rings is 2. The third-order valence-electron chi connectivity index (χ3n) is 6.41. The molecule has 0 atom stereocenters. The van der Waals surface area contributed by atoms with E-state index >= 15 is 0 Å². The number of ether oxygens (including phenoxy) is 1. The van der Waals surface area contributed by atoms with E-state index in [0.717, 1.165) is 28.7 Å². The van der Waals surface area contributed by atoms with Crippen LogP contribution >= 0.6 is 0 Å². The summed E-state index contributed by atoms with van der Waals surface area (Å²) in [5.74, 6) is -0.813. The van der Waals surface area contributed by atoms with Crippen molar-refractivity contribution in [1.82, 2.24) is 10.3 Å². The fourth-order valence-electron chi connectivity index (χ4n) is 4.23. The number of hydrazone groups is 1. The van der Waals surface area contributed by atoms with Crippen molar-refractivity contribution in [1.29, 1.82) is 0 Å². The number of allylic oxidation sites excluding steroid dienone is 5. The Morgan fingerprint density at radius 3 is 2.58 bits per heavy atom. The van der Waals surface area contributed by atoms with Gasteiger partial charge in [-0.1, -0.05) is 66.8 Å². The van der Waals surface area contributed by atoms with Gasteiger partial charge in [-0.2, -0.15) is 5.10 Å². The highest BCUT2D eigenvalue weighted by Gasteiger charge is 2.30. The molecule has 4 rings (SSSR count). The predicted molar refractivity (Wildman–Crippen MR) is 150 cm³/mol. The standard InChI is InChI=1S/C31H33N3O4/c1-21-17-22(13-16-28(21)38-31(2,3)30(36)37)19-32-29(35)27-18-26(20-34(4)33-27)25-12-8-11-24(14-15-25)23-9-6-5-7-10-23/h5-10,12-18H,11,19-20H2,1-4H3,(H,32,35)(H,36,37). The van der Waals surface area contributed by atoms with Crippen molar-refractivity contribution in [3.8, 4) is 5.75 Å². The molecule has 0 aromatic heterocycles. The van der Waals surface area contributed by atoms with Gasteiger partial charge in [-0.3, -0.25) is 9.80 Å². The van der Waals surface area contributed by atoms with Gasteiger partial charge in [0.25, 0.3) is 5.91 Å². The zero-order chi connectivity index (χ0) is 27.3. The molecule has 38 heavy (non-hydrogen) atoms. The largest absolute Gasteiger partial charge is 0.478 e. The van der Waals surface area contributed by atoms with Gasteiger partial charge in [0.1, 0.15) is 11.5 Å². The number of aryl methyl sites for hydroxylation is 1. The third-order valence-corrected chi connectivity index (χ3v) is 6.41. The summed E-state index contributed by atoms with van der Waals surface area (Å²) in [5, 5.41) is 18.5. The molecule has 0 saturated carbocycles. The molecule has 0 unspecified atom stereocenters. The molecule has 7 heteroatoms. The Hall–Kier alpha value is -4.39. The maximum absolute atomic E-state index is 13.0. The summed E-state index contributed by atoms with van der Waals surface area (Å²) in [6.07, 6.45) is 11.2. The van der Waals surface area contributed by atoms with Crippen LogP contribution in [-0.4, -0.2) is 46.9 Å². The Bertz CT molecular complexity index is 1380. The molecule has 1 amide bonds. The minimum atomic E-state index is -1.34. The zero-order valence-corrected chi connectivity index (χ0v) is 22.2. The van der Waals surface area contributed by atoms with E-state index in [1.165, 1.54) is 25.0 Å². The highest BCUT2D eigenvalue weighted by atomic mass is 16.5. The summed E-state index contributed by atoms with van der Waals surface area (Å²) in [7, 11) is 1.85. The molecule has 7 nitrogen and oxygen atoms in total. The fourth-order valence-corrected chi connectivity index (χ4v) is 4.23. The third kappa shape index (κ3) is 6.48. The Balaban J connectivity index is 1.44. The first-order chi connectivity index (χ1) is 18.1. The SMILES string of the molecule is Cc1cc(CNC(=O)C2=NN(C)CC(C3=CC=C(c4ccccc4)CC=C3)=C2)ccc1OC(C)(C)C(=O)O. The number of carboxylic acids is 1. The summed E-state index contributed by atoms with van der Waals surface area (Å²) < 4.78 is 5.66. The molecule has 0 saturated heterocycles. The van der Waals surface area contributed by atoms with Crippen LogP contribution in [0.5, 0.6) is 5.75 Å². The van der Waals surface area contributed by atoms with E-state index in [4.69, 9.17) is 4.74 Å². The monoisotopic (exact) mass is 511 g/mol. The van der Waals surface area contributed by atoms with Gasteiger partial charge in [-0.05, 0) is 72.7 Å². The van der Waals surface area contributed by atoms with Crippen LogP contribution in [0.3, 0.4) is 0 Å². The van der Waals surface area contributed by atoms with Crippen molar-refractivity contribution in [3.05, 3.63) is 107 Å². The quantitative estimate of drug-likeness (QED) is 0.518. The highest BCUT2D eigenvalue weighted by Crippen LogP contribution is 2.26. The van der Waals surface area contributed by atoms with Gasteiger partial charge >= 0.3 is 5.97 Å². The molecule has 0 bridgehead atoms. The first kappa shape index (κ1) is 26.7. The molecule has 0 radical (unpaired) electrons. The normalized spacial score (nSPS) is 15.5. The molecule has 2 aromatic carbocycles. The van der Waals surface area contributed by atoms with Crippen LogP contribution < -0.4 is 10.1 Å². The van der Waals surface area contributed by atoms with Crippen molar-refractivity contribution < 1.29 is 19.4 Å². The molecule has 1 heterocycles. The van der Waals surface area contributed by atoms with Gasteiger partial charge in [-0.25, -0.2) is 4.79 Å². The van der Waals surface area contributed by atoms with Crippen LogP contribution in [0.2, 0.25) is 0 Å². The molecule has 2 aliphatic rings. The topological polar surface area (TPSA) is 91.2 Å². The van der Waals surface area contributed by atoms with Gasteiger partial charge in [0, 0.05) is 13.6 Å². The number of hydrogen-bond acceptors (Lipinski definition) is 5. The van der Waals surface area contributed by atoms with Gasteiger partial charge < -0.3 is 15.2 Å². The number of carbonyl (C=O) groups is 2. The predicted octanol–water partition coefficient (Wildman–Crippen LogP) is 5.05. The van der Waals surface area contributed by atoms with Crippen LogP contribution in [0.1, 0.15) is 37.0 Å². The van der Waals surface area contributed by atoms with Crippen molar-refractivity contribution in [2.45, 2.75) is 39.3 Å². The lowest BCUT2D eigenvalue weighted by Gasteiger charge is -2.23. The maximum Gasteiger partial charge on any atom is 0.347 e. The van der Waals surface area contributed by atoms with E-state index < -0.39 is 11.6 Å². The van der Waals surface area contributed by atoms with E-state index in [1.54, 1.807) is 11.1 Å². The number of nitrogens with one attached hydrogen (secondary N) is 1. The van der Waals surface area contributed by atoms with Crippen molar-refractivity contribution in [2.75, 3.05) is 13.6 Å². The lowest BCUT2D eigenvalue weighted by Crippen LogP contribution is -2.38. The fraction of sp³-hybridized carbons (Fsp3) is 0.258. The average molecular weight is 512 g/mol. The summed E-state index contributed by atoms with van der Waals surface area (Å²) in [6.45, 7) is 5.77. The minimum absolute atomic E-state index is 0.266. The summed E-state index contributed by atoms with van der Waals surface area (Å²) in [6, 6.07) is 15.7. The molecule has 2 N–H and O–H groups in total. The van der Waals surface area contributed by atoms with E-state index in [9.17, 15) is 14.7 Å². The molecule has 1 aliphatic heterocycles. The van der Waals surface area contributed by atoms with Crippen LogP contribution in [0.25, 0.3) is 5.57 Å². The number of carbonyl (C=O) groups excluding carboxylic acids is 1. The number of aliphatic carboxylic acids is 1. The zero-order valence-electron chi connectivity index (χ0n) is 22.2. The second-order valence-electron chi connectivity index (χ2n) is 9.96. The number of nitrogens with zero attached hydrogens (tertiary/aromatic N) is 2. The molecular weight excluding hydrogens is 478 g/mol. The lowest BCUT2D eigenvalue weighted by atomic mass is 10.0. The Morgan fingerprint density at radius 2 is 1.87 bits per heavy atom. The Labute approximate surface area is 223 Å². The Morgan fingerprint density at radius 1 is 1.11 bits per heavy atom. The molecule has 0 spiro atoms. The lowest BCUT2D eigenvalue weighted by molar-refractivity contribution is -0.152. The summed E-state index contributed by atoms with van der Waals surface area (Å²) in [5.41, 5.74) is 5.19. The first-order valence-electron chi connectivity index (χ1n) is 12.6. The van der Waals surface area contributed by atoms with Crippen molar-refractivity contribution in [2.24, 2.45) is 5.10 Å². The molecule has 1 aliphatic carbocycles. The van der Waals surface area contributed by atoms with Gasteiger partial charge in [-0.15, -0.1) is 0 Å². The molecule has 196 valence electrons. The summed E-state index contributed by atoms with van der Waals surface area (Å²) in [4.78, 5) is 24.4.